The third-order valence-electron chi connectivity index (χ3n) is 3.30. The molecule has 0 aromatic carbocycles. The largest absolute Gasteiger partial charge is 0.490 e. The van der Waals surface area contributed by atoms with Crippen molar-refractivity contribution in [3.05, 3.63) is 0 Å². The number of carboxylic acid groups (broad SMARTS) is 1. The summed E-state index contributed by atoms with van der Waals surface area (Å²) in [5.41, 5.74) is 0.299. The Balaban J connectivity index is 0.000000203. The molecule has 18 heavy (non-hydrogen) atoms. The lowest BCUT2D eigenvalue weighted by Crippen LogP contribution is -2.68. The van der Waals surface area contributed by atoms with Crippen molar-refractivity contribution in [3.63, 3.8) is 0 Å². The second-order valence-corrected chi connectivity index (χ2v) is 4.36. The standard InChI is InChI=1S/C8H13NO2.C2HF3O2/c1-11-7(10)6-8(5-9-6)3-2-4-8;3-2(4,5)1(6)7/h6,9H,2-5H2,1H3;(H,6,7). The van der Waals surface area contributed by atoms with E-state index in [1.807, 2.05) is 0 Å². The van der Waals surface area contributed by atoms with E-state index in [4.69, 9.17) is 9.90 Å². The molecule has 0 bridgehead atoms. The zero-order chi connectivity index (χ0) is 14.0. The van der Waals surface area contributed by atoms with Gasteiger partial charge in [0.15, 0.2) is 0 Å². The molecule has 0 aromatic rings. The van der Waals surface area contributed by atoms with Gasteiger partial charge in [0, 0.05) is 12.0 Å². The number of ether oxygens (including phenoxy) is 1. The predicted molar refractivity (Wildman–Crippen MR) is 53.8 cm³/mol. The molecule has 0 radical (unpaired) electrons. The van der Waals surface area contributed by atoms with Crippen LogP contribution in [0.1, 0.15) is 19.3 Å². The molecule has 2 fully saturated rings. The smallest absolute Gasteiger partial charge is 0.475 e. The van der Waals surface area contributed by atoms with E-state index in [1.165, 1.54) is 26.4 Å². The van der Waals surface area contributed by atoms with Gasteiger partial charge in [-0.2, -0.15) is 13.2 Å². The molecule has 1 saturated carbocycles. The van der Waals surface area contributed by atoms with E-state index in [-0.39, 0.29) is 12.0 Å². The van der Waals surface area contributed by atoms with E-state index >= 15 is 0 Å². The molecule has 1 unspecified atom stereocenters. The van der Waals surface area contributed by atoms with Crippen LogP contribution >= 0.6 is 0 Å². The average Bonchev–Trinajstić information content (AvgIpc) is 2.12. The van der Waals surface area contributed by atoms with Crippen LogP contribution in [-0.2, 0) is 14.3 Å². The van der Waals surface area contributed by atoms with Crippen LogP contribution in [-0.4, -0.2) is 42.9 Å². The molecule has 0 aromatic heterocycles. The highest BCUT2D eigenvalue weighted by Gasteiger charge is 2.54. The molecule has 2 rings (SSSR count). The number of carbonyl (C=O) groups excluding carboxylic acids is 1. The van der Waals surface area contributed by atoms with Gasteiger partial charge in [0.25, 0.3) is 0 Å². The highest BCUT2D eigenvalue weighted by molar-refractivity contribution is 5.78. The first-order valence-electron chi connectivity index (χ1n) is 5.34. The summed E-state index contributed by atoms with van der Waals surface area (Å²) in [6.07, 6.45) is -1.42. The summed E-state index contributed by atoms with van der Waals surface area (Å²) >= 11 is 0. The normalized spacial score (nSPS) is 24.1. The number of aliphatic carboxylic acids is 1. The molecule has 8 heteroatoms. The summed E-state index contributed by atoms with van der Waals surface area (Å²) in [6.45, 7) is 1.01. The third kappa shape index (κ3) is 2.92. The summed E-state index contributed by atoms with van der Waals surface area (Å²) < 4.78 is 36.4. The number of rotatable bonds is 1. The Morgan fingerprint density at radius 1 is 1.39 bits per heavy atom. The van der Waals surface area contributed by atoms with Crippen molar-refractivity contribution in [3.8, 4) is 0 Å². The molecule has 1 aliphatic heterocycles. The van der Waals surface area contributed by atoms with E-state index in [9.17, 15) is 18.0 Å². The van der Waals surface area contributed by atoms with E-state index in [2.05, 4.69) is 10.1 Å². The number of methoxy groups -OCH3 is 1. The molecule has 0 amide bonds. The van der Waals surface area contributed by atoms with Crippen LogP contribution < -0.4 is 5.32 Å². The molecular weight excluding hydrogens is 255 g/mol. The molecule has 104 valence electrons. The van der Waals surface area contributed by atoms with Crippen LogP contribution in [0.5, 0.6) is 0 Å². The maximum Gasteiger partial charge on any atom is 0.490 e. The van der Waals surface area contributed by atoms with Crippen molar-refractivity contribution >= 4 is 11.9 Å². The third-order valence-corrected chi connectivity index (χ3v) is 3.30. The molecule has 1 spiro atoms. The number of alkyl halides is 3. The monoisotopic (exact) mass is 269 g/mol. The molecular formula is C10H14F3NO4. The lowest BCUT2D eigenvalue weighted by Gasteiger charge is -2.54. The molecule has 1 heterocycles. The van der Waals surface area contributed by atoms with Gasteiger partial charge in [-0.3, -0.25) is 4.79 Å². The Morgan fingerprint density at radius 3 is 2.06 bits per heavy atom. The van der Waals surface area contributed by atoms with Crippen molar-refractivity contribution in [1.29, 1.82) is 0 Å². The van der Waals surface area contributed by atoms with Crippen LogP contribution in [0.3, 0.4) is 0 Å². The second kappa shape index (κ2) is 5.13. The fraction of sp³-hybridized carbons (Fsp3) is 0.800. The Hall–Kier alpha value is -1.31. The Kier molecular flexibility index (Phi) is 4.20. The van der Waals surface area contributed by atoms with Crippen molar-refractivity contribution in [1.82, 2.24) is 5.32 Å². The number of hydrogen-bond acceptors (Lipinski definition) is 4. The lowest BCUT2D eigenvalue weighted by atomic mass is 9.59. The predicted octanol–water partition coefficient (Wildman–Crippen LogP) is 0.935. The average molecular weight is 269 g/mol. The van der Waals surface area contributed by atoms with Gasteiger partial charge in [-0.25, -0.2) is 4.79 Å². The fourth-order valence-electron chi connectivity index (χ4n) is 2.04. The molecule has 5 nitrogen and oxygen atoms in total. The minimum Gasteiger partial charge on any atom is -0.475 e. The highest BCUT2D eigenvalue weighted by Crippen LogP contribution is 2.48. The van der Waals surface area contributed by atoms with Crippen molar-refractivity contribution in [2.24, 2.45) is 5.41 Å². The maximum atomic E-state index is 11.1. The van der Waals surface area contributed by atoms with Crippen LogP contribution in [0.4, 0.5) is 13.2 Å². The van der Waals surface area contributed by atoms with Gasteiger partial charge >= 0.3 is 18.1 Å². The van der Waals surface area contributed by atoms with Gasteiger partial charge in [-0.05, 0) is 12.8 Å². The summed E-state index contributed by atoms with van der Waals surface area (Å²) in [6, 6.07) is 0.00116. The van der Waals surface area contributed by atoms with Gasteiger partial charge < -0.3 is 15.2 Å². The zero-order valence-electron chi connectivity index (χ0n) is 9.71. The van der Waals surface area contributed by atoms with Crippen molar-refractivity contribution in [2.75, 3.05) is 13.7 Å². The Morgan fingerprint density at radius 2 is 1.89 bits per heavy atom. The number of esters is 1. The molecule has 1 aliphatic carbocycles. The molecule has 1 saturated heterocycles. The van der Waals surface area contributed by atoms with Gasteiger partial charge in [-0.15, -0.1) is 0 Å². The summed E-state index contributed by atoms with van der Waals surface area (Å²) in [4.78, 5) is 20.0. The highest BCUT2D eigenvalue weighted by atomic mass is 19.4. The molecule has 2 aliphatic rings. The first-order chi connectivity index (χ1) is 8.23. The van der Waals surface area contributed by atoms with E-state index in [0.29, 0.717) is 5.41 Å². The van der Waals surface area contributed by atoms with Crippen LogP contribution in [0.25, 0.3) is 0 Å². The SMILES string of the molecule is COC(=O)C1NCC12CCC2.O=C(O)C(F)(F)F. The minimum absolute atomic E-state index is 0.00116. The van der Waals surface area contributed by atoms with E-state index in [0.717, 1.165) is 6.54 Å². The van der Waals surface area contributed by atoms with Crippen LogP contribution in [0.15, 0.2) is 0 Å². The quantitative estimate of drug-likeness (QED) is 0.693. The van der Waals surface area contributed by atoms with E-state index < -0.39 is 12.1 Å². The van der Waals surface area contributed by atoms with Crippen LogP contribution in [0.2, 0.25) is 0 Å². The molecule has 2 N–H and O–H groups in total. The maximum absolute atomic E-state index is 11.1. The second-order valence-electron chi connectivity index (χ2n) is 4.36. The number of hydrogen-bond donors (Lipinski definition) is 2. The summed E-state index contributed by atoms with van der Waals surface area (Å²) in [7, 11) is 1.45. The van der Waals surface area contributed by atoms with Gasteiger partial charge in [0.2, 0.25) is 0 Å². The first-order valence-corrected chi connectivity index (χ1v) is 5.34. The Bertz CT molecular complexity index is 333. The van der Waals surface area contributed by atoms with Crippen molar-refractivity contribution in [2.45, 2.75) is 31.5 Å². The number of carboxylic acids is 1. The lowest BCUT2D eigenvalue weighted by molar-refractivity contribution is -0.192. The Labute approximate surface area is 101 Å². The number of nitrogens with one attached hydrogen (secondary N) is 1. The zero-order valence-corrected chi connectivity index (χ0v) is 9.71. The number of halogens is 3. The first kappa shape index (κ1) is 14.7. The van der Waals surface area contributed by atoms with Gasteiger partial charge in [-0.1, -0.05) is 6.42 Å². The van der Waals surface area contributed by atoms with E-state index in [1.54, 1.807) is 0 Å². The van der Waals surface area contributed by atoms with Gasteiger partial charge in [0.05, 0.1) is 7.11 Å². The minimum atomic E-state index is -5.08. The fourth-order valence-corrected chi connectivity index (χ4v) is 2.04. The summed E-state index contributed by atoms with van der Waals surface area (Å²) in [5, 5.41) is 10.2. The summed E-state index contributed by atoms with van der Waals surface area (Å²) in [5.74, 6) is -2.84. The topological polar surface area (TPSA) is 75.6 Å². The molecule has 1 atom stereocenters. The van der Waals surface area contributed by atoms with Gasteiger partial charge in [0.1, 0.15) is 6.04 Å². The van der Waals surface area contributed by atoms with Crippen molar-refractivity contribution < 1.29 is 32.6 Å². The van der Waals surface area contributed by atoms with Crippen LogP contribution in [0, 0.1) is 5.41 Å². The number of carbonyl (C=O) groups is 2.